The van der Waals surface area contributed by atoms with Crippen LogP contribution in [-0.4, -0.2) is 47.4 Å². The number of rotatable bonds is 7. The summed E-state index contributed by atoms with van der Waals surface area (Å²) in [6.45, 7) is 3.44. The van der Waals surface area contributed by atoms with E-state index < -0.39 is 0 Å². The van der Waals surface area contributed by atoms with Gasteiger partial charge in [0.05, 0.1) is 44.1 Å². The number of nitrogens with one attached hydrogen (secondary N) is 1. The van der Waals surface area contributed by atoms with E-state index in [9.17, 15) is 14.7 Å². The Morgan fingerprint density at radius 3 is 2.48 bits per heavy atom. The summed E-state index contributed by atoms with van der Waals surface area (Å²) < 4.78 is 11.6. The van der Waals surface area contributed by atoms with Gasteiger partial charge in [-0.3, -0.25) is 14.2 Å². The van der Waals surface area contributed by atoms with E-state index in [2.05, 4.69) is 10.3 Å². The number of methoxy groups -OCH3 is 2. The first-order valence-corrected chi connectivity index (χ1v) is 7.92. The molecule has 1 heterocycles. The second kappa shape index (κ2) is 7.98. The molecule has 1 atom stereocenters. The lowest BCUT2D eigenvalue weighted by Gasteiger charge is -2.20. The van der Waals surface area contributed by atoms with Gasteiger partial charge >= 0.3 is 0 Å². The molecule has 1 amide bonds. The zero-order chi connectivity index (χ0) is 18.6. The van der Waals surface area contributed by atoms with Crippen LogP contribution in [-0.2, 0) is 11.3 Å². The number of ether oxygens (including phenoxy) is 2. The van der Waals surface area contributed by atoms with Crippen molar-refractivity contribution < 1.29 is 19.4 Å². The van der Waals surface area contributed by atoms with Crippen LogP contribution in [0.1, 0.15) is 13.8 Å². The summed E-state index contributed by atoms with van der Waals surface area (Å²) in [4.78, 5) is 29.0. The largest absolute Gasteiger partial charge is 0.493 e. The smallest absolute Gasteiger partial charge is 0.261 e. The number of aromatic nitrogens is 2. The Bertz CT molecular complexity index is 816. The quantitative estimate of drug-likeness (QED) is 0.757. The molecule has 0 saturated heterocycles. The Balaban J connectivity index is 2.32. The van der Waals surface area contributed by atoms with Crippen molar-refractivity contribution in [2.45, 2.75) is 26.4 Å². The van der Waals surface area contributed by atoms with Crippen molar-refractivity contribution in [1.29, 1.82) is 0 Å². The molecule has 8 heteroatoms. The Hall–Kier alpha value is -2.61. The van der Waals surface area contributed by atoms with E-state index in [-0.39, 0.29) is 36.6 Å². The third kappa shape index (κ3) is 4.08. The van der Waals surface area contributed by atoms with Crippen molar-refractivity contribution in [3.05, 3.63) is 28.8 Å². The summed E-state index contributed by atoms with van der Waals surface area (Å²) in [7, 11) is 2.98. The predicted octanol–water partition coefficient (Wildman–Crippen LogP) is 0.547. The van der Waals surface area contributed by atoms with Crippen LogP contribution in [0, 0.1) is 5.92 Å². The molecule has 0 aliphatic carbocycles. The monoisotopic (exact) mass is 349 g/mol. The van der Waals surface area contributed by atoms with Gasteiger partial charge in [0.2, 0.25) is 5.91 Å². The minimum Gasteiger partial charge on any atom is -0.493 e. The first-order valence-electron chi connectivity index (χ1n) is 7.92. The van der Waals surface area contributed by atoms with Crippen LogP contribution in [0.2, 0.25) is 0 Å². The lowest BCUT2D eigenvalue weighted by molar-refractivity contribution is -0.123. The van der Waals surface area contributed by atoms with E-state index in [0.717, 1.165) is 0 Å². The average molecular weight is 349 g/mol. The normalized spacial score (nSPS) is 12.2. The van der Waals surface area contributed by atoms with Gasteiger partial charge in [0.15, 0.2) is 11.5 Å². The molecule has 0 fully saturated rings. The highest BCUT2D eigenvalue weighted by Crippen LogP contribution is 2.29. The number of aliphatic hydroxyl groups excluding tert-OH is 1. The van der Waals surface area contributed by atoms with E-state index >= 15 is 0 Å². The third-order valence-electron chi connectivity index (χ3n) is 3.99. The van der Waals surface area contributed by atoms with Gasteiger partial charge in [-0.05, 0) is 12.0 Å². The molecule has 8 nitrogen and oxygen atoms in total. The van der Waals surface area contributed by atoms with Crippen LogP contribution in [0.15, 0.2) is 23.3 Å². The van der Waals surface area contributed by atoms with Crippen LogP contribution in [0.4, 0.5) is 0 Å². The summed E-state index contributed by atoms with van der Waals surface area (Å²) in [6.07, 6.45) is 1.32. The lowest BCUT2D eigenvalue weighted by atomic mass is 10.1. The fraction of sp³-hybridized carbons (Fsp3) is 0.471. The van der Waals surface area contributed by atoms with Crippen molar-refractivity contribution >= 4 is 16.8 Å². The number of aliphatic hydroxyl groups is 1. The lowest BCUT2D eigenvalue weighted by Crippen LogP contribution is -2.43. The Morgan fingerprint density at radius 1 is 1.28 bits per heavy atom. The number of carbonyl (C=O) groups is 1. The summed E-state index contributed by atoms with van der Waals surface area (Å²) in [5.74, 6) is 0.602. The van der Waals surface area contributed by atoms with Gasteiger partial charge in [-0.2, -0.15) is 0 Å². The minimum atomic E-state index is -0.364. The van der Waals surface area contributed by atoms with E-state index in [4.69, 9.17) is 9.47 Å². The Kier molecular flexibility index (Phi) is 5.97. The Morgan fingerprint density at radius 2 is 1.92 bits per heavy atom. The first-order chi connectivity index (χ1) is 11.9. The van der Waals surface area contributed by atoms with Crippen molar-refractivity contribution in [2.24, 2.45) is 5.92 Å². The molecule has 1 aromatic carbocycles. The molecule has 0 aliphatic heterocycles. The van der Waals surface area contributed by atoms with Crippen LogP contribution < -0.4 is 20.3 Å². The fourth-order valence-corrected chi connectivity index (χ4v) is 2.43. The van der Waals surface area contributed by atoms with Gasteiger partial charge in [0.25, 0.3) is 5.56 Å². The van der Waals surface area contributed by atoms with Crippen LogP contribution >= 0.6 is 0 Å². The number of hydrogen-bond donors (Lipinski definition) is 2. The van der Waals surface area contributed by atoms with Crippen molar-refractivity contribution in [3.63, 3.8) is 0 Å². The first kappa shape index (κ1) is 18.7. The molecule has 2 rings (SSSR count). The molecular weight excluding hydrogens is 326 g/mol. The van der Waals surface area contributed by atoms with Gasteiger partial charge in [-0.1, -0.05) is 13.8 Å². The molecule has 136 valence electrons. The molecule has 0 bridgehead atoms. The van der Waals surface area contributed by atoms with Crippen LogP contribution in [0.25, 0.3) is 10.9 Å². The maximum absolute atomic E-state index is 12.6. The highest BCUT2D eigenvalue weighted by Gasteiger charge is 2.17. The maximum atomic E-state index is 12.6. The van der Waals surface area contributed by atoms with E-state index in [1.54, 1.807) is 12.1 Å². The van der Waals surface area contributed by atoms with Gasteiger partial charge in [-0.15, -0.1) is 0 Å². The van der Waals surface area contributed by atoms with E-state index in [1.165, 1.54) is 25.1 Å². The minimum absolute atomic E-state index is 0.0807. The number of amides is 1. The van der Waals surface area contributed by atoms with Crippen molar-refractivity contribution in [1.82, 2.24) is 14.9 Å². The molecule has 25 heavy (non-hydrogen) atoms. The number of hydrogen-bond acceptors (Lipinski definition) is 6. The number of nitrogens with zero attached hydrogens (tertiary/aromatic N) is 2. The van der Waals surface area contributed by atoms with Gasteiger partial charge in [-0.25, -0.2) is 4.98 Å². The van der Waals surface area contributed by atoms with Crippen LogP contribution in [0.5, 0.6) is 11.5 Å². The molecular formula is C17H23N3O5. The molecule has 2 N–H and O–H groups in total. The van der Waals surface area contributed by atoms with E-state index in [0.29, 0.717) is 22.4 Å². The zero-order valence-electron chi connectivity index (χ0n) is 14.8. The van der Waals surface area contributed by atoms with Crippen LogP contribution in [0.3, 0.4) is 0 Å². The zero-order valence-corrected chi connectivity index (χ0v) is 14.8. The molecule has 1 unspecified atom stereocenters. The van der Waals surface area contributed by atoms with Crippen molar-refractivity contribution in [3.8, 4) is 11.5 Å². The second-order valence-corrected chi connectivity index (χ2v) is 6.00. The molecule has 1 aromatic heterocycles. The average Bonchev–Trinajstić information content (AvgIpc) is 2.60. The maximum Gasteiger partial charge on any atom is 0.261 e. The fourth-order valence-electron chi connectivity index (χ4n) is 2.43. The number of carbonyl (C=O) groups excluding carboxylic acids is 1. The summed E-state index contributed by atoms with van der Waals surface area (Å²) in [6, 6.07) is 2.80. The Labute approximate surface area is 145 Å². The van der Waals surface area contributed by atoms with Gasteiger partial charge in [0, 0.05) is 6.07 Å². The third-order valence-corrected chi connectivity index (χ3v) is 3.99. The second-order valence-electron chi connectivity index (χ2n) is 6.00. The molecule has 0 spiro atoms. The van der Waals surface area contributed by atoms with E-state index in [1.807, 2.05) is 13.8 Å². The molecule has 2 aromatic rings. The summed E-state index contributed by atoms with van der Waals surface area (Å²) in [5, 5.41) is 12.3. The standard InChI is InChI=1S/C17H23N3O5/c1-10(2)13(8-21)19-16(22)7-20-9-18-12-6-15(25-4)14(24-3)5-11(12)17(20)23/h5-6,9-10,13,21H,7-8H2,1-4H3,(H,19,22). The van der Waals surface area contributed by atoms with Gasteiger partial charge < -0.3 is 19.9 Å². The SMILES string of the molecule is COc1cc2ncn(CC(=O)NC(CO)C(C)C)c(=O)c2cc1OC. The van der Waals surface area contributed by atoms with Crippen molar-refractivity contribution in [2.75, 3.05) is 20.8 Å². The molecule has 0 radical (unpaired) electrons. The predicted molar refractivity (Wildman–Crippen MR) is 93.0 cm³/mol. The number of fused-ring (bicyclic) bond motifs is 1. The highest BCUT2D eigenvalue weighted by molar-refractivity contribution is 5.82. The topological polar surface area (TPSA) is 103 Å². The molecule has 0 aliphatic rings. The summed E-state index contributed by atoms with van der Waals surface area (Å²) >= 11 is 0. The van der Waals surface area contributed by atoms with Gasteiger partial charge in [0.1, 0.15) is 6.54 Å². The molecule has 0 saturated carbocycles. The summed E-state index contributed by atoms with van der Waals surface area (Å²) in [5.41, 5.74) is 0.0981. The highest BCUT2D eigenvalue weighted by atomic mass is 16.5. The number of benzene rings is 1.